The molecular weight excluding hydrogens is 446 g/mol. The Morgan fingerprint density at radius 1 is 1.12 bits per heavy atom. The van der Waals surface area contributed by atoms with Crippen molar-refractivity contribution in [1.82, 2.24) is 9.73 Å². The summed E-state index contributed by atoms with van der Waals surface area (Å²) in [6, 6.07) is 17.6. The molecule has 0 aliphatic heterocycles. The fourth-order valence-corrected chi connectivity index (χ4v) is 5.14. The van der Waals surface area contributed by atoms with E-state index in [1.165, 1.54) is 34.9 Å². The Morgan fingerprint density at radius 3 is 2.47 bits per heavy atom. The lowest BCUT2D eigenvalue weighted by atomic mass is 10.1. The minimum atomic E-state index is -3.90. The quantitative estimate of drug-likeness (QED) is 0.362. The standard InChI is InChI=1S/C23H25N3O4S2/c1-18-13-15-31-22(18)16-24-25-23(27)17-26(14-12-19-6-4-3-5-7-19)32(28,29)21-10-8-20(30-2)9-11-21/h3-11,13,15-16H,12,14,17H2,1-2H3,(H,25,27)/b24-16-. The van der Waals surface area contributed by atoms with E-state index in [4.69, 9.17) is 4.74 Å². The molecule has 0 spiro atoms. The molecule has 0 aliphatic rings. The summed E-state index contributed by atoms with van der Waals surface area (Å²) in [6.07, 6.45) is 2.03. The molecule has 168 valence electrons. The lowest BCUT2D eigenvalue weighted by Gasteiger charge is -2.21. The number of hydrogen-bond donors (Lipinski definition) is 1. The number of carbonyl (C=O) groups excluding carboxylic acids is 1. The van der Waals surface area contributed by atoms with Gasteiger partial charge >= 0.3 is 0 Å². The predicted octanol–water partition coefficient (Wildman–Crippen LogP) is 3.45. The third-order valence-electron chi connectivity index (χ3n) is 4.78. The van der Waals surface area contributed by atoms with Crippen molar-refractivity contribution < 1.29 is 17.9 Å². The molecule has 7 nitrogen and oxygen atoms in total. The molecule has 0 saturated carbocycles. The van der Waals surface area contributed by atoms with Crippen LogP contribution in [0.2, 0.25) is 0 Å². The first-order chi connectivity index (χ1) is 15.4. The van der Waals surface area contributed by atoms with E-state index < -0.39 is 15.9 Å². The monoisotopic (exact) mass is 471 g/mol. The molecule has 1 heterocycles. The summed E-state index contributed by atoms with van der Waals surface area (Å²) in [5.74, 6) is 0.0383. The Balaban J connectivity index is 1.75. The van der Waals surface area contributed by atoms with Crippen molar-refractivity contribution in [3.8, 4) is 5.75 Å². The van der Waals surface area contributed by atoms with Gasteiger partial charge in [-0.3, -0.25) is 4.79 Å². The van der Waals surface area contributed by atoms with Crippen LogP contribution in [0, 0.1) is 6.92 Å². The second kappa shape index (κ2) is 11.0. The number of nitrogens with zero attached hydrogens (tertiary/aromatic N) is 2. The topological polar surface area (TPSA) is 88.1 Å². The number of benzene rings is 2. The summed E-state index contributed by atoms with van der Waals surface area (Å²) in [4.78, 5) is 13.5. The number of hydrogen-bond acceptors (Lipinski definition) is 6. The van der Waals surface area contributed by atoms with Crippen molar-refractivity contribution in [1.29, 1.82) is 0 Å². The van der Waals surface area contributed by atoms with Crippen molar-refractivity contribution in [2.24, 2.45) is 5.10 Å². The van der Waals surface area contributed by atoms with Crippen LogP contribution < -0.4 is 10.2 Å². The van der Waals surface area contributed by atoms with Gasteiger partial charge in [-0.1, -0.05) is 30.3 Å². The summed E-state index contributed by atoms with van der Waals surface area (Å²) in [6.45, 7) is 1.76. The van der Waals surface area contributed by atoms with Gasteiger partial charge in [-0.25, -0.2) is 13.8 Å². The highest BCUT2D eigenvalue weighted by atomic mass is 32.2. The van der Waals surface area contributed by atoms with Gasteiger partial charge in [0.2, 0.25) is 10.0 Å². The van der Waals surface area contributed by atoms with Gasteiger partial charge in [-0.2, -0.15) is 9.41 Å². The molecule has 1 N–H and O–H groups in total. The Kier molecular flexibility index (Phi) is 8.15. The summed E-state index contributed by atoms with van der Waals surface area (Å²) >= 11 is 1.51. The van der Waals surface area contributed by atoms with Gasteiger partial charge in [0.15, 0.2) is 0 Å². The fourth-order valence-electron chi connectivity index (χ4n) is 2.95. The van der Waals surface area contributed by atoms with E-state index in [2.05, 4.69) is 10.5 Å². The third kappa shape index (κ3) is 6.25. The molecule has 1 aromatic heterocycles. The van der Waals surface area contributed by atoms with E-state index >= 15 is 0 Å². The van der Waals surface area contributed by atoms with Gasteiger partial charge in [0.1, 0.15) is 5.75 Å². The van der Waals surface area contributed by atoms with E-state index in [1.54, 1.807) is 18.3 Å². The van der Waals surface area contributed by atoms with Crippen LogP contribution in [0.5, 0.6) is 5.75 Å². The molecule has 0 radical (unpaired) electrons. The minimum absolute atomic E-state index is 0.0943. The summed E-state index contributed by atoms with van der Waals surface area (Å²) in [7, 11) is -2.39. The normalized spacial score (nSPS) is 11.7. The molecule has 0 atom stereocenters. The van der Waals surface area contributed by atoms with Gasteiger partial charge in [-0.05, 0) is 60.2 Å². The molecule has 0 aliphatic carbocycles. The predicted molar refractivity (Wildman–Crippen MR) is 127 cm³/mol. The van der Waals surface area contributed by atoms with E-state index in [-0.39, 0.29) is 18.0 Å². The lowest BCUT2D eigenvalue weighted by Crippen LogP contribution is -2.40. The zero-order valence-corrected chi connectivity index (χ0v) is 19.5. The minimum Gasteiger partial charge on any atom is -0.497 e. The Hall–Kier alpha value is -3.01. The van der Waals surface area contributed by atoms with E-state index in [0.717, 1.165) is 16.0 Å². The number of hydrazone groups is 1. The number of nitrogens with one attached hydrogen (secondary N) is 1. The SMILES string of the molecule is COc1ccc(S(=O)(=O)N(CCc2ccccc2)CC(=O)N/N=C\c2sccc2C)cc1. The number of thiophene rings is 1. The van der Waals surface area contributed by atoms with Gasteiger partial charge in [0.05, 0.1) is 24.8 Å². The Bertz CT molecular complexity index is 1160. The molecular formula is C23H25N3O4S2. The van der Waals surface area contributed by atoms with Crippen LogP contribution in [-0.4, -0.2) is 45.0 Å². The van der Waals surface area contributed by atoms with Crippen LogP contribution in [0.25, 0.3) is 0 Å². The molecule has 9 heteroatoms. The van der Waals surface area contributed by atoms with E-state index in [0.29, 0.717) is 12.2 Å². The maximum atomic E-state index is 13.3. The number of ether oxygens (including phenoxy) is 1. The highest BCUT2D eigenvalue weighted by Crippen LogP contribution is 2.20. The first kappa shape index (κ1) is 23.6. The average Bonchev–Trinajstić information content (AvgIpc) is 3.21. The number of aryl methyl sites for hydroxylation is 1. The highest BCUT2D eigenvalue weighted by molar-refractivity contribution is 7.89. The molecule has 0 saturated heterocycles. The second-order valence-corrected chi connectivity index (χ2v) is 9.90. The maximum Gasteiger partial charge on any atom is 0.255 e. The number of sulfonamides is 1. The molecule has 0 fully saturated rings. The van der Waals surface area contributed by atoms with Crippen molar-refractivity contribution in [2.45, 2.75) is 18.2 Å². The second-order valence-electron chi connectivity index (χ2n) is 7.01. The van der Waals surface area contributed by atoms with Crippen molar-refractivity contribution in [2.75, 3.05) is 20.2 Å². The highest BCUT2D eigenvalue weighted by Gasteiger charge is 2.26. The average molecular weight is 472 g/mol. The molecule has 0 bridgehead atoms. The first-order valence-corrected chi connectivity index (χ1v) is 12.3. The van der Waals surface area contributed by atoms with E-state index in [9.17, 15) is 13.2 Å². The summed E-state index contributed by atoms with van der Waals surface area (Å²) in [5, 5.41) is 5.91. The van der Waals surface area contributed by atoms with Gasteiger partial charge in [0, 0.05) is 11.4 Å². The zero-order valence-electron chi connectivity index (χ0n) is 17.9. The van der Waals surface area contributed by atoms with Gasteiger partial charge in [-0.15, -0.1) is 11.3 Å². The Morgan fingerprint density at radius 2 is 1.84 bits per heavy atom. The summed E-state index contributed by atoms with van der Waals surface area (Å²) < 4.78 is 32.8. The van der Waals surface area contributed by atoms with Gasteiger partial charge in [0.25, 0.3) is 5.91 Å². The van der Waals surface area contributed by atoms with Crippen LogP contribution in [0.4, 0.5) is 0 Å². The molecule has 3 aromatic rings. The van der Waals surface area contributed by atoms with E-state index in [1.807, 2.05) is 48.7 Å². The molecule has 1 amide bonds. The van der Waals surface area contributed by atoms with Crippen LogP contribution in [0.1, 0.15) is 16.0 Å². The molecule has 2 aromatic carbocycles. The Labute approximate surface area is 192 Å². The molecule has 3 rings (SSSR count). The molecule has 32 heavy (non-hydrogen) atoms. The maximum absolute atomic E-state index is 13.3. The number of carbonyl (C=O) groups is 1. The zero-order chi connectivity index (χ0) is 23.0. The summed E-state index contributed by atoms with van der Waals surface area (Å²) in [5.41, 5.74) is 4.47. The van der Waals surface area contributed by atoms with Crippen LogP contribution >= 0.6 is 11.3 Å². The van der Waals surface area contributed by atoms with Gasteiger partial charge < -0.3 is 4.74 Å². The molecule has 0 unspecified atom stereocenters. The van der Waals surface area contributed by atoms with Crippen LogP contribution in [-0.2, 0) is 21.2 Å². The van der Waals surface area contributed by atoms with Crippen molar-refractivity contribution >= 4 is 33.5 Å². The van der Waals surface area contributed by atoms with Crippen LogP contribution in [0.3, 0.4) is 0 Å². The van der Waals surface area contributed by atoms with Crippen LogP contribution in [0.15, 0.2) is 76.0 Å². The smallest absolute Gasteiger partial charge is 0.255 e. The first-order valence-electron chi connectivity index (χ1n) is 9.94. The van der Waals surface area contributed by atoms with Crippen molar-refractivity contribution in [3.63, 3.8) is 0 Å². The number of amides is 1. The number of methoxy groups -OCH3 is 1. The lowest BCUT2D eigenvalue weighted by molar-refractivity contribution is -0.121. The number of rotatable bonds is 10. The largest absolute Gasteiger partial charge is 0.497 e. The fraction of sp³-hybridized carbons (Fsp3) is 0.217. The third-order valence-corrected chi connectivity index (χ3v) is 7.60. The van der Waals surface area contributed by atoms with Crippen molar-refractivity contribution in [3.05, 3.63) is 82.0 Å².